The molecule has 0 bridgehead atoms. The van der Waals surface area contributed by atoms with Crippen molar-refractivity contribution in [3.05, 3.63) is 21.4 Å². The molecule has 1 saturated heterocycles. The van der Waals surface area contributed by atoms with E-state index in [-0.39, 0.29) is 12.0 Å². The molecule has 2 rings (SSSR count). The summed E-state index contributed by atoms with van der Waals surface area (Å²) < 4.78 is 5.22. The molecule has 6 heteroatoms. The average molecular weight is 311 g/mol. The lowest BCUT2D eigenvalue weighted by molar-refractivity contribution is -0.141. The Balaban J connectivity index is 2.21. The summed E-state index contributed by atoms with van der Waals surface area (Å²) in [6, 6.07) is 1.12. The molecule has 21 heavy (non-hydrogen) atoms. The number of amides is 1. The van der Waals surface area contributed by atoms with E-state index in [4.69, 9.17) is 4.74 Å². The molecule has 1 aliphatic heterocycles. The fourth-order valence-electron chi connectivity index (χ4n) is 2.71. The molecule has 0 unspecified atom stereocenters. The van der Waals surface area contributed by atoms with E-state index in [9.17, 15) is 14.7 Å². The van der Waals surface area contributed by atoms with Gasteiger partial charge in [-0.1, -0.05) is 13.3 Å². The molecule has 0 saturated carbocycles. The van der Waals surface area contributed by atoms with Crippen molar-refractivity contribution < 1.29 is 19.4 Å². The van der Waals surface area contributed by atoms with Gasteiger partial charge in [-0.25, -0.2) is 4.79 Å². The van der Waals surface area contributed by atoms with E-state index in [0.29, 0.717) is 17.8 Å². The summed E-state index contributed by atoms with van der Waals surface area (Å²) in [6.07, 6.45) is 2.12. The van der Waals surface area contributed by atoms with Crippen LogP contribution < -0.4 is 0 Å². The van der Waals surface area contributed by atoms with E-state index in [1.54, 1.807) is 7.11 Å². The first-order chi connectivity index (χ1) is 9.97. The Hall–Kier alpha value is -1.40. The van der Waals surface area contributed by atoms with Crippen LogP contribution in [0, 0.1) is 6.92 Å². The number of ether oxygens (including phenoxy) is 1. The van der Waals surface area contributed by atoms with Gasteiger partial charge in [-0.05, 0) is 25.0 Å². The van der Waals surface area contributed by atoms with Crippen molar-refractivity contribution in [2.75, 3.05) is 13.7 Å². The fourth-order valence-corrected chi connectivity index (χ4v) is 3.74. The normalized spacial score (nSPS) is 21.8. The van der Waals surface area contributed by atoms with Gasteiger partial charge >= 0.3 is 5.97 Å². The van der Waals surface area contributed by atoms with Gasteiger partial charge in [0.05, 0.1) is 11.0 Å². The molecule has 0 radical (unpaired) electrons. The number of hydrogen-bond donors (Lipinski definition) is 1. The Morgan fingerprint density at radius 1 is 1.52 bits per heavy atom. The molecule has 2 atom stereocenters. The molecule has 0 aliphatic carbocycles. The maximum Gasteiger partial charge on any atom is 0.326 e. The van der Waals surface area contributed by atoms with Gasteiger partial charge in [0.25, 0.3) is 5.91 Å². The Kier molecular flexibility index (Phi) is 5.00. The predicted molar refractivity (Wildman–Crippen MR) is 80.9 cm³/mol. The summed E-state index contributed by atoms with van der Waals surface area (Å²) in [5.41, 5.74) is 1.18. The molecule has 1 aromatic heterocycles. The number of carbonyl (C=O) groups excluding carboxylic acids is 1. The Morgan fingerprint density at radius 3 is 2.81 bits per heavy atom. The number of rotatable bonds is 5. The quantitative estimate of drug-likeness (QED) is 0.906. The molecular formula is C15H21NO4S. The molecule has 0 spiro atoms. The highest BCUT2D eigenvalue weighted by Gasteiger charge is 2.40. The van der Waals surface area contributed by atoms with Gasteiger partial charge in [-0.15, -0.1) is 11.3 Å². The first-order valence-electron chi connectivity index (χ1n) is 7.13. The van der Waals surface area contributed by atoms with Crippen LogP contribution in [0.4, 0.5) is 0 Å². The standard InChI is InChI=1S/C15H21NO4S/c1-4-5-10-6-13(21-9(10)2)14(17)16-8-11(20-3)7-12(16)15(18)19/h6,11-12H,4-5,7-8H2,1-3H3,(H,18,19)/t11-,12-/m1/s1. The highest BCUT2D eigenvalue weighted by Crippen LogP contribution is 2.28. The van der Waals surface area contributed by atoms with E-state index < -0.39 is 12.0 Å². The summed E-state index contributed by atoms with van der Waals surface area (Å²) in [7, 11) is 1.55. The molecule has 1 aromatic rings. The Bertz CT molecular complexity index is 540. The molecule has 5 nitrogen and oxygen atoms in total. The molecule has 2 heterocycles. The van der Waals surface area contributed by atoms with Crippen LogP contribution in [0.15, 0.2) is 6.07 Å². The smallest absolute Gasteiger partial charge is 0.326 e. The van der Waals surface area contributed by atoms with Crippen molar-refractivity contribution in [3.63, 3.8) is 0 Å². The van der Waals surface area contributed by atoms with Crippen LogP contribution in [0.2, 0.25) is 0 Å². The van der Waals surface area contributed by atoms with Gasteiger partial charge in [0.15, 0.2) is 0 Å². The number of methoxy groups -OCH3 is 1. The number of carboxylic acid groups (broad SMARTS) is 1. The van der Waals surface area contributed by atoms with Crippen LogP contribution in [-0.4, -0.2) is 47.7 Å². The molecule has 1 amide bonds. The molecule has 1 aliphatic rings. The number of hydrogen-bond acceptors (Lipinski definition) is 4. The number of aryl methyl sites for hydroxylation is 2. The van der Waals surface area contributed by atoms with Crippen molar-refractivity contribution in [1.29, 1.82) is 0 Å². The lowest BCUT2D eigenvalue weighted by Crippen LogP contribution is -2.40. The zero-order valence-electron chi connectivity index (χ0n) is 12.6. The molecule has 116 valence electrons. The number of carbonyl (C=O) groups is 2. The number of likely N-dealkylation sites (tertiary alicyclic amines) is 1. The molecular weight excluding hydrogens is 290 g/mol. The third-order valence-corrected chi connectivity index (χ3v) is 4.97. The second-order valence-electron chi connectivity index (χ2n) is 5.35. The maximum atomic E-state index is 12.6. The van der Waals surface area contributed by atoms with Crippen molar-refractivity contribution in [2.24, 2.45) is 0 Å². The zero-order chi connectivity index (χ0) is 15.6. The largest absolute Gasteiger partial charge is 0.480 e. The summed E-state index contributed by atoms with van der Waals surface area (Å²) in [4.78, 5) is 27.1. The second-order valence-corrected chi connectivity index (χ2v) is 6.60. The Morgan fingerprint density at radius 2 is 2.24 bits per heavy atom. The highest BCUT2D eigenvalue weighted by molar-refractivity contribution is 7.14. The van der Waals surface area contributed by atoms with Crippen LogP contribution in [0.1, 0.15) is 39.9 Å². The van der Waals surface area contributed by atoms with Crippen molar-refractivity contribution in [3.8, 4) is 0 Å². The first kappa shape index (κ1) is 16.0. The SMILES string of the molecule is CCCc1cc(C(=O)N2C[C@H](OC)C[C@@H]2C(=O)O)sc1C. The zero-order valence-corrected chi connectivity index (χ0v) is 13.4. The van der Waals surface area contributed by atoms with Gasteiger partial charge in [0.2, 0.25) is 0 Å². The first-order valence-corrected chi connectivity index (χ1v) is 7.95. The number of thiophene rings is 1. The van der Waals surface area contributed by atoms with Gasteiger partial charge in [0.1, 0.15) is 6.04 Å². The van der Waals surface area contributed by atoms with Crippen LogP contribution >= 0.6 is 11.3 Å². The van der Waals surface area contributed by atoms with Crippen LogP contribution in [-0.2, 0) is 16.0 Å². The third-order valence-electron chi connectivity index (χ3n) is 3.89. The number of aliphatic carboxylic acids is 1. The van der Waals surface area contributed by atoms with E-state index in [1.165, 1.54) is 21.8 Å². The van der Waals surface area contributed by atoms with E-state index in [0.717, 1.165) is 17.7 Å². The number of carboxylic acids is 1. The monoisotopic (exact) mass is 311 g/mol. The van der Waals surface area contributed by atoms with E-state index in [1.807, 2.05) is 13.0 Å². The minimum Gasteiger partial charge on any atom is -0.480 e. The fraction of sp³-hybridized carbons (Fsp3) is 0.600. The van der Waals surface area contributed by atoms with Crippen molar-refractivity contribution in [1.82, 2.24) is 4.90 Å². The lowest BCUT2D eigenvalue weighted by atomic mass is 10.1. The lowest BCUT2D eigenvalue weighted by Gasteiger charge is -2.20. The van der Waals surface area contributed by atoms with Gasteiger partial charge in [0, 0.05) is 25.0 Å². The summed E-state index contributed by atoms with van der Waals surface area (Å²) >= 11 is 1.45. The van der Waals surface area contributed by atoms with Gasteiger partial charge in [-0.2, -0.15) is 0 Å². The Labute approximate surface area is 128 Å². The minimum absolute atomic E-state index is 0.197. The average Bonchev–Trinajstić information content (AvgIpc) is 3.03. The van der Waals surface area contributed by atoms with Crippen molar-refractivity contribution >= 4 is 23.2 Å². The van der Waals surface area contributed by atoms with Crippen LogP contribution in [0.25, 0.3) is 0 Å². The van der Waals surface area contributed by atoms with Crippen LogP contribution in [0.3, 0.4) is 0 Å². The predicted octanol–water partition coefficient (Wildman–Crippen LogP) is 2.32. The molecule has 1 fully saturated rings. The highest BCUT2D eigenvalue weighted by atomic mass is 32.1. The van der Waals surface area contributed by atoms with Crippen LogP contribution in [0.5, 0.6) is 0 Å². The van der Waals surface area contributed by atoms with E-state index in [2.05, 4.69) is 6.92 Å². The number of nitrogens with zero attached hydrogens (tertiary/aromatic N) is 1. The molecule has 1 N–H and O–H groups in total. The summed E-state index contributed by atoms with van der Waals surface area (Å²) in [6.45, 7) is 4.44. The van der Waals surface area contributed by atoms with Crippen molar-refractivity contribution in [2.45, 2.75) is 45.3 Å². The summed E-state index contributed by atoms with van der Waals surface area (Å²) in [5, 5.41) is 9.29. The van der Waals surface area contributed by atoms with E-state index >= 15 is 0 Å². The van der Waals surface area contributed by atoms with Gasteiger partial charge in [-0.3, -0.25) is 4.79 Å². The second kappa shape index (κ2) is 6.58. The molecule has 0 aromatic carbocycles. The third kappa shape index (κ3) is 3.27. The van der Waals surface area contributed by atoms with Gasteiger partial charge < -0.3 is 14.7 Å². The summed E-state index contributed by atoms with van der Waals surface area (Å²) in [5.74, 6) is -1.16. The maximum absolute atomic E-state index is 12.6. The minimum atomic E-state index is -0.968. The topological polar surface area (TPSA) is 66.8 Å².